The lowest BCUT2D eigenvalue weighted by atomic mass is 9.76. The number of ether oxygens (including phenoxy) is 1. The Labute approximate surface area is 211 Å². The maximum absolute atomic E-state index is 13.8. The Bertz CT molecular complexity index is 1000. The number of primary amides is 1. The number of amides is 3. The van der Waals surface area contributed by atoms with E-state index in [0.717, 1.165) is 12.1 Å². The van der Waals surface area contributed by atoms with Crippen LogP contribution in [0.25, 0.3) is 0 Å². The molecule has 0 spiro atoms. The van der Waals surface area contributed by atoms with Crippen molar-refractivity contribution in [1.29, 1.82) is 0 Å². The molecular weight excluding hydrogens is 502 g/mol. The maximum Gasteiger partial charge on any atom is 0.522 e. The third-order valence-corrected chi connectivity index (χ3v) is 6.13. The van der Waals surface area contributed by atoms with Crippen molar-refractivity contribution in [2.24, 2.45) is 23.5 Å². The SMILES string of the molecule is CC(C)CC(O)(C(N)=O)[C@H](Cc1cccc(F)c1)C(=O)N[C@@H](C[C@@H]1CCNC1=O)C(=O)COC(F)(F)F. The molecule has 2 rings (SSSR count). The molecule has 1 aromatic carbocycles. The van der Waals surface area contributed by atoms with Crippen LogP contribution in [-0.4, -0.2) is 59.8 Å². The van der Waals surface area contributed by atoms with E-state index < -0.39 is 65.8 Å². The third kappa shape index (κ3) is 8.78. The number of carbonyl (C=O) groups is 4. The molecule has 0 aromatic heterocycles. The van der Waals surface area contributed by atoms with Crippen LogP contribution in [0.5, 0.6) is 0 Å². The van der Waals surface area contributed by atoms with Crippen molar-refractivity contribution in [3.63, 3.8) is 0 Å². The van der Waals surface area contributed by atoms with E-state index in [1.807, 2.05) is 0 Å². The van der Waals surface area contributed by atoms with Gasteiger partial charge in [-0.05, 0) is 49.3 Å². The summed E-state index contributed by atoms with van der Waals surface area (Å²) in [5.41, 5.74) is 3.26. The molecule has 0 aliphatic carbocycles. The number of benzene rings is 1. The first-order valence-electron chi connectivity index (χ1n) is 11.7. The van der Waals surface area contributed by atoms with Gasteiger partial charge in [0, 0.05) is 12.5 Å². The predicted molar refractivity (Wildman–Crippen MR) is 122 cm³/mol. The first-order chi connectivity index (χ1) is 17.1. The molecule has 3 amide bonds. The third-order valence-electron chi connectivity index (χ3n) is 6.13. The van der Waals surface area contributed by atoms with Crippen LogP contribution in [0, 0.1) is 23.6 Å². The Kier molecular flexibility index (Phi) is 10.2. The Morgan fingerprint density at radius 3 is 2.46 bits per heavy atom. The smallest absolute Gasteiger partial charge is 0.379 e. The number of rotatable bonds is 13. The van der Waals surface area contributed by atoms with E-state index in [0.29, 0.717) is 0 Å². The second-order valence-corrected chi connectivity index (χ2v) is 9.55. The van der Waals surface area contributed by atoms with Gasteiger partial charge in [-0.15, -0.1) is 13.2 Å². The van der Waals surface area contributed by atoms with E-state index in [2.05, 4.69) is 15.4 Å². The van der Waals surface area contributed by atoms with Crippen LogP contribution in [0.3, 0.4) is 0 Å². The normalized spacial score (nSPS) is 19.1. The number of alkyl halides is 3. The van der Waals surface area contributed by atoms with Crippen molar-refractivity contribution in [1.82, 2.24) is 10.6 Å². The minimum Gasteiger partial charge on any atom is -0.379 e. The van der Waals surface area contributed by atoms with Gasteiger partial charge in [0.2, 0.25) is 17.7 Å². The highest BCUT2D eigenvalue weighted by Crippen LogP contribution is 2.30. The molecule has 1 aliphatic heterocycles. The summed E-state index contributed by atoms with van der Waals surface area (Å²) in [6.07, 6.45) is -5.80. The lowest BCUT2D eigenvalue weighted by Crippen LogP contribution is -2.58. The van der Waals surface area contributed by atoms with Crippen molar-refractivity contribution < 1.29 is 46.6 Å². The first-order valence-corrected chi connectivity index (χ1v) is 11.7. The van der Waals surface area contributed by atoms with Crippen LogP contribution in [-0.2, 0) is 30.3 Å². The van der Waals surface area contributed by atoms with Crippen molar-refractivity contribution in [3.8, 4) is 0 Å². The Morgan fingerprint density at radius 2 is 1.95 bits per heavy atom. The van der Waals surface area contributed by atoms with Gasteiger partial charge < -0.3 is 21.5 Å². The molecular formula is C24H31F4N3O6. The zero-order chi connectivity index (χ0) is 28.0. The topological polar surface area (TPSA) is 148 Å². The molecule has 0 radical (unpaired) electrons. The summed E-state index contributed by atoms with van der Waals surface area (Å²) < 4.78 is 55.0. The molecule has 1 heterocycles. The summed E-state index contributed by atoms with van der Waals surface area (Å²) in [7, 11) is 0. The minimum absolute atomic E-state index is 0.224. The van der Waals surface area contributed by atoms with Crippen LogP contribution in [0.4, 0.5) is 17.6 Å². The zero-order valence-electron chi connectivity index (χ0n) is 20.4. The van der Waals surface area contributed by atoms with Crippen LogP contribution < -0.4 is 16.4 Å². The Hall–Kier alpha value is -3.06. The lowest BCUT2D eigenvalue weighted by Gasteiger charge is -2.35. The van der Waals surface area contributed by atoms with Gasteiger partial charge >= 0.3 is 6.36 Å². The molecule has 1 aromatic rings. The van der Waals surface area contributed by atoms with Crippen LogP contribution in [0.2, 0.25) is 0 Å². The van der Waals surface area contributed by atoms with Crippen molar-refractivity contribution in [3.05, 3.63) is 35.6 Å². The van der Waals surface area contributed by atoms with Gasteiger partial charge in [0.1, 0.15) is 12.4 Å². The van der Waals surface area contributed by atoms with Gasteiger partial charge in [0.05, 0.1) is 12.0 Å². The monoisotopic (exact) mass is 533 g/mol. The van der Waals surface area contributed by atoms with Gasteiger partial charge in [-0.25, -0.2) is 4.39 Å². The van der Waals surface area contributed by atoms with Gasteiger partial charge in [0.25, 0.3) is 0 Å². The lowest BCUT2D eigenvalue weighted by molar-refractivity contribution is -0.321. The molecule has 1 unspecified atom stereocenters. The molecule has 13 heteroatoms. The largest absolute Gasteiger partial charge is 0.522 e. The molecule has 9 nitrogen and oxygen atoms in total. The quantitative estimate of drug-likeness (QED) is 0.282. The molecule has 4 atom stereocenters. The molecule has 0 saturated carbocycles. The Balaban J connectivity index is 2.40. The van der Waals surface area contributed by atoms with E-state index in [1.54, 1.807) is 13.8 Å². The first kappa shape index (κ1) is 30.2. The number of nitrogens with two attached hydrogens (primary N) is 1. The standard InChI is InChI=1S/C24H31F4N3O6/c1-13(2)11-23(36,22(29)35)17(9-14-4-3-5-16(25)8-14)21(34)31-18(10-15-6-7-30-20(15)33)19(32)12-37-24(26,27)28/h3-5,8,13,15,17-18,36H,6-7,9-12H2,1-2H3,(H2,29,35)(H,30,33)(H,31,34)/t15-,17+,18-,23?/m0/s1. The highest BCUT2D eigenvalue weighted by atomic mass is 19.4. The zero-order valence-corrected chi connectivity index (χ0v) is 20.4. The molecule has 1 saturated heterocycles. The van der Waals surface area contributed by atoms with Crippen molar-refractivity contribution in [2.45, 2.75) is 57.5 Å². The predicted octanol–water partition coefficient (Wildman–Crippen LogP) is 1.36. The van der Waals surface area contributed by atoms with Gasteiger partial charge in [0.15, 0.2) is 11.4 Å². The number of ketones is 1. The second kappa shape index (κ2) is 12.5. The fourth-order valence-electron chi connectivity index (χ4n) is 4.37. The number of hydrogen-bond acceptors (Lipinski definition) is 6. The fraction of sp³-hybridized carbons (Fsp3) is 0.583. The summed E-state index contributed by atoms with van der Waals surface area (Å²) in [4.78, 5) is 50.5. The molecule has 0 bridgehead atoms. The average Bonchev–Trinajstić information content (AvgIpc) is 3.18. The summed E-state index contributed by atoms with van der Waals surface area (Å²) in [6.45, 7) is 2.17. The summed E-state index contributed by atoms with van der Waals surface area (Å²) >= 11 is 0. The molecule has 37 heavy (non-hydrogen) atoms. The highest BCUT2D eigenvalue weighted by Gasteiger charge is 2.48. The maximum atomic E-state index is 13.8. The van der Waals surface area contributed by atoms with Crippen molar-refractivity contribution in [2.75, 3.05) is 13.2 Å². The molecule has 1 aliphatic rings. The van der Waals surface area contributed by atoms with E-state index in [9.17, 15) is 41.8 Å². The van der Waals surface area contributed by atoms with Crippen molar-refractivity contribution >= 4 is 23.5 Å². The van der Waals surface area contributed by atoms with Crippen LogP contribution in [0.15, 0.2) is 24.3 Å². The molecule has 5 N–H and O–H groups in total. The van der Waals surface area contributed by atoms with Crippen LogP contribution >= 0.6 is 0 Å². The van der Waals surface area contributed by atoms with Gasteiger partial charge in [-0.1, -0.05) is 26.0 Å². The summed E-state index contributed by atoms with van der Waals surface area (Å²) in [5, 5.41) is 16.1. The van der Waals surface area contributed by atoms with E-state index in [-0.39, 0.29) is 43.7 Å². The van der Waals surface area contributed by atoms with Crippen LogP contribution in [0.1, 0.15) is 38.7 Å². The number of Topliss-reactive ketones (excluding diaryl/α,β-unsaturated/α-hetero) is 1. The highest BCUT2D eigenvalue weighted by molar-refractivity contribution is 5.95. The molecule has 1 fully saturated rings. The number of carbonyl (C=O) groups excluding carboxylic acids is 4. The average molecular weight is 534 g/mol. The second-order valence-electron chi connectivity index (χ2n) is 9.55. The fourth-order valence-corrected chi connectivity index (χ4v) is 4.37. The summed E-state index contributed by atoms with van der Waals surface area (Å²) in [6, 6.07) is 3.43. The summed E-state index contributed by atoms with van der Waals surface area (Å²) in [5.74, 6) is -7.30. The van der Waals surface area contributed by atoms with E-state index in [1.165, 1.54) is 12.1 Å². The van der Waals surface area contributed by atoms with E-state index in [4.69, 9.17) is 5.73 Å². The number of aliphatic hydroxyl groups is 1. The van der Waals surface area contributed by atoms with Gasteiger partial charge in [-0.3, -0.25) is 23.9 Å². The van der Waals surface area contributed by atoms with E-state index >= 15 is 0 Å². The molecule has 206 valence electrons. The number of nitrogens with one attached hydrogen (secondary N) is 2. The van der Waals surface area contributed by atoms with Gasteiger partial charge in [-0.2, -0.15) is 0 Å². The Morgan fingerprint density at radius 1 is 1.27 bits per heavy atom. The number of halogens is 4. The minimum atomic E-state index is -5.11. The number of hydrogen-bond donors (Lipinski definition) is 4.